The van der Waals surface area contributed by atoms with Crippen molar-refractivity contribution >= 4 is 17.5 Å². The number of aliphatic hydroxyl groups excluding tert-OH is 1. The smallest absolute Gasteiger partial charge is 0.313 e. The Hall–Kier alpha value is -1.95. The number of hydrogen-bond donors (Lipinski definition) is 3. The Balaban J connectivity index is 1.84. The number of aryl methyl sites for hydroxylation is 1. The summed E-state index contributed by atoms with van der Waals surface area (Å²) in [6, 6.07) is 3.96. The fourth-order valence-electron chi connectivity index (χ4n) is 2.69. The lowest BCUT2D eigenvalue weighted by Gasteiger charge is -2.18. The molecule has 1 aliphatic carbocycles. The minimum atomic E-state index is -0.868. The Kier molecular flexibility index (Phi) is 5.49. The first-order valence-corrected chi connectivity index (χ1v) is 7.51. The van der Waals surface area contributed by atoms with Gasteiger partial charge in [-0.3, -0.25) is 9.59 Å². The van der Waals surface area contributed by atoms with Gasteiger partial charge in [-0.15, -0.1) is 0 Å². The average Bonchev–Trinajstić information content (AvgIpc) is 3.02. The molecule has 0 bridgehead atoms. The zero-order valence-corrected chi connectivity index (χ0v) is 12.6. The molecule has 1 aromatic rings. The van der Waals surface area contributed by atoms with Crippen molar-refractivity contribution in [3.63, 3.8) is 0 Å². The molecule has 6 heteroatoms. The first kappa shape index (κ1) is 16.4. The highest BCUT2D eigenvalue weighted by molar-refractivity contribution is 6.39. The lowest BCUT2D eigenvalue weighted by atomic mass is 10.0. The second-order valence-electron chi connectivity index (χ2n) is 5.74. The lowest BCUT2D eigenvalue weighted by molar-refractivity contribution is -0.136. The number of carbonyl (C=O) groups excluding carboxylic acids is 2. The van der Waals surface area contributed by atoms with Gasteiger partial charge < -0.3 is 15.7 Å². The highest BCUT2D eigenvalue weighted by Crippen LogP contribution is 2.27. The van der Waals surface area contributed by atoms with Gasteiger partial charge in [0.25, 0.3) is 0 Å². The highest BCUT2D eigenvalue weighted by atomic mass is 19.1. The van der Waals surface area contributed by atoms with Crippen LogP contribution in [-0.4, -0.2) is 29.6 Å². The molecule has 3 N–H and O–H groups in total. The summed E-state index contributed by atoms with van der Waals surface area (Å²) in [5.74, 6) is -2.00. The molecule has 1 atom stereocenters. The second kappa shape index (κ2) is 7.35. The largest absolute Gasteiger partial charge is 0.391 e. The zero-order valence-electron chi connectivity index (χ0n) is 12.6. The Morgan fingerprint density at radius 1 is 1.32 bits per heavy atom. The van der Waals surface area contributed by atoms with Crippen LogP contribution >= 0.6 is 0 Å². The molecular weight excluding hydrogens is 287 g/mol. The topological polar surface area (TPSA) is 78.4 Å². The Labute approximate surface area is 128 Å². The molecule has 120 valence electrons. The van der Waals surface area contributed by atoms with Gasteiger partial charge in [0.15, 0.2) is 0 Å². The summed E-state index contributed by atoms with van der Waals surface area (Å²) in [5, 5.41) is 14.7. The molecule has 0 spiro atoms. The molecule has 2 rings (SSSR count). The van der Waals surface area contributed by atoms with Crippen LogP contribution in [0.2, 0.25) is 0 Å². The second-order valence-corrected chi connectivity index (χ2v) is 5.74. The van der Waals surface area contributed by atoms with Crippen LogP contribution in [0.5, 0.6) is 0 Å². The van der Waals surface area contributed by atoms with E-state index >= 15 is 0 Å². The first-order valence-electron chi connectivity index (χ1n) is 7.51. The Bertz CT molecular complexity index is 556. The van der Waals surface area contributed by atoms with Crippen molar-refractivity contribution in [1.82, 2.24) is 5.32 Å². The summed E-state index contributed by atoms with van der Waals surface area (Å²) in [5.41, 5.74) is 0.921. The molecule has 2 amide bonds. The average molecular weight is 308 g/mol. The van der Waals surface area contributed by atoms with Gasteiger partial charge in [0.2, 0.25) is 0 Å². The molecule has 5 nitrogen and oxygen atoms in total. The molecule has 0 radical (unpaired) electrons. The maximum Gasteiger partial charge on any atom is 0.313 e. The van der Waals surface area contributed by atoms with Gasteiger partial charge in [-0.1, -0.05) is 18.9 Å². The third-order valence-electron chi connectivity index (χ3n) is 4.07. The number of halogens is 1. The third kappa shape index (κ3) is 4.27. The van der Waals surface area contributed by atoms with Gasteiger partial charge in [0.1, 0.15) is 5.82 Å². The number of rotatable bonds is 4. The molecule has 1 aliphatic rings. The van der Waals surface area contributed by atoms with Gasteiger partial charge in [-0.25, -0.2) is 4.39 Å². The predicted molar refractivity (Wildman–Crippen MR) is 80.7 cm³/mol. The fourth-order valence-corrected chi connectivity index (χ4v) is 2.69. The standard InChI is InChI=1S/C16H21FN2O3/c1-10-6-7-12(17)8-13(10)19-16(22)15(21)18-9-14(20)11-4-2-3-5-11/h6-8,11,14,20H,2-5,9H2,1H3,(H,18,21)(H,19,22). The van der Waals surface area contributed by atoms with Crippen LogP contribution in [0.3, 0.4) is 0 Å². The van der Waals surface area contributed by atoms with Crippen molar-refractivity contribution in [2.45, 2.75) is 38.7 Å². The SMILES string of the molecule is Cc1ccc(F)cc1NC(=O)C(=O)NCC(O)C1CCCC1. The number of aliphatic hydroxyl groups is 1. The minimum Gasteiger partial charge on any atom is -0.391 e. The maximum atomic E-state index is 13.1. The molecule has 22 heavy (non-hydrogen) atoms. The van der Waals surface area contributed by atoms with E-state index in [0.29, 0.717) is 5.56 Å². The Morgan fingerprint density at radius 3 is 2.68 bits per heavy atom. The van der Waals surface area contributed by atoms with Gasteiger partial charge in [-0.2, -0.15) is 0 Å². The zero-order chi connectivity index (χ0) is 16.1. The van der Waals surface area contributed by atoms with Crippen LogP contribution in [0.15, 0.2) is 18.2 Å². The van der Waals surface area contributed by atoms with Gasteiger partial charge >= 0.3 is 11.8 Å². The summed E-state index contributed by atoms with van der Waals surface area (Å²) >= 11 is 0. The van der Waals surface area contributed by atoms with Gasteiger partial charge in [0.05, 0.1) is 6.10 Å². The van der Waals surface area contributed by atoms with Crippen LogP contribution < -0.4 is 10.6 Å². The minimum absolute atomic E-state index is 0.0546. The van der Waals surface area contributed by atoms with Crippen molar-refractivity contribution in [2.24, 2.45) is 5.92 Å². The van der Waals surface area contributed by atoms with Crippen molar-refractivity contribution < 1.29 is 19.1 Å². The molecule has 1 saturated carbocycles. The van der Waals surface area contributed by atoms with Crippen LogP contribution in [0, 0.1) is 18.7 Å². The molecule has 0 saturated heterocycles. The number of hydrogen-bond acceptors (Lipinski definition) is 3. The fraction of sp³-hybridized carbons (Fsp3) is 0.500. The van der Waals surface area contributed by atoms with E-state index in [9.17, 15) is 19.1 Å². The highest BCUT2D eigenvalue weighted by Gasteiger charge is 2.24. The van der Waals surface area contributed by atoms with Crippen molar-refractivity contribution in [3.8, 4) is 0 Å². The number of amides is 2. The summed E-state index contributed by atoms with van der Waals surface area (Å²) in [7, 11) is 0. The molecule has 1 fully saturated rings. The van der Waals surface area contributed by atoms with Crippen molar-refractivity contribution in [2.75, 3.05) is 11.9 Å². The molecule has 1 aromatic carbocycles. The van der Waals surface area contributed by atoms with E-state index in [0.717, 1.165) is 31.7 Å². The normalized spacial score (nSPS) is 16.3. The van der Waals surface area contributed by atoms with E-state index in [1.54, 1.807) is 6.92 Å². The van der Waals surface area contributed by atoms with E-state index in [1.165, 1.54) is 12.1 Å². The monoisotopic (exact) mass is 308 g/mol. The van der Waals surface area contributed by atoms with E-state index in [2.05, 4.69) is 10.6 Å². The summed E-state index contributed by atoms with van der Waals surface area (Å²) in [6.45, 7) is 1.76. The third-order valence-corrected chi connectivity index (χ3v) is 4.07. The number of nitrogens with one attached hydrogen (secondary N) is 2. The molecule has 0 aromatic heterocycles. The maximum absolute atomic E-state index is 13.1. The molecule has 0 heterocycles. The van der Waals surface area contributed by atoms with Crippen LogP contribution in [0.4, 0.5) is 10.1 Å². The summed E-state index contributed by atoms with van der Waals surface area (Å²) in [4.78, 5) is 23.5. The summed E-state index contributed by atoms with van der Waals surface area (Å²) < 4.78 is 13.1. The van der Waals surface area contributed by atoms with E-state index in [1.807, 2.05) is 0 Å². The van der Waals surface area contributed by atoms with E-state index in [4.69, 9.17) is 0 Å². The van der Waals surface area contributed by atoms with Crippen LogP contribution in [0.25, 0.3) is 0 Å². The van der Waals surface area contributed by atoms with Crippen molar-refractivity contribution in [1.29, 1.82) is 0 Å². The number of carbonyl (C=O) groups is 2. The first-order chi connectivity index (χ1) is 10.5. The van der Waals surface area contributed by atoms with E-state index in [-0.39, 0.29) is 18.2 Å². The lowest BCUT2D eigenvalue weighted by Crippen LogP contribution is -2.41. The molecule has 0 aliphatic heterocycles. The van der Waals surface area contributed by atoms with Crippen molar-refractivity contribution in [3.05, 3.63) is 29.6 Å². The van der Waals surface area contributed by atoms with E-state index < -0.39 is 23.7 Å². The van der Waals surface area contributed by atoms with Crippen LogP contribution in [-0.2, 0) is 9.59 Å². The quantitative estimate of drug-likeness (QED) is 0.741. The van der Waals surface area contributed by atoms with Crippen LogP contribution in [0.1, 0.15) is 31.2 Å². The Morgan fingerprint density at radius 2 is 2.00 bits per heavy atom. The van der Waals surface area contributed by atoms with Gasteiger partial charge in [0, 0.05) is 12.2 Å². The predicted octanol–water partition coefficient (Wildman–Crippen LogP) is 1.74. The molecule has 1 unspecified atom stereocenters. The molecular formula is C16H21FN2O3. The number of anilines is 1. The van der Waals surface area contributed by atoms with Gasteiger partial charge in [-0.05, 0) is 43.4 Å². The summed E-state index contributed by atoms with van der Waals surface area (Å²) in [6.07, 6.45) is 3.46. The number of benzene rings is 1.